The third-order valence-corrected chi connectivity index (χ3v) is 5.23. The van der Waals surface area contributed by atoms with Crippen LogP contribution >= 0.6 is 11.8 Å². The van der Waals surface area contributed by atoms with Crippen LogP contribution in [0.25, 0.3) is 10.9 Å². The lowest BCUT2D eigenvalue weighted by atomic mass is 10.2. The SMILES string of the molecule is Cc1nnc(SCC(O)COc2cccc3[nH]ccc23)n1C1CC1. The third-order valence-electron chi connectivity index (χ3n) is 4.14. The molecule has 0 amide bonds. The summed E-state index contributed by atoms with van der Waals surface area (Å²) in [7, 11) is 0. The predicted molar refractivity (Wildman–Crippen MR) is 93.6 cm³/mol. The van der Waals surface area contributed by atoms with Crippen LogP contribution in [0.3, 0.4) is 0 Å². The maximum absolute atomic E-state index is 10.2. The van der Waals surface area contributed by atoms with E-state index in [-0.39, 0.29) is 6.61 Å². The Kier molecular flexibility index (Phi) is 4.20. The Labute approximate surface area is 144 Å². The second-order valence-corrected chi connectivity index (χ2v) is 7.09. The molecule has 1 unspecified atom stereocenters. The van der Waals surface area contributed by atoms with Crippen molar-refractivity contribution in [1.29, 1.82) is 0 Å². The topological polar surface area (TPSA) is 76.0 Å². The number of benzene rings is 1. The summed E-state index contributed by atoms with van der Waals surface area (Å²) in [6, 6.07) is 8.38. The van der Waals surface area contributed by atoms with E-state index in [1.54, 1.807) is 0 Å². The maximum atomic E-state index is 10.2. The van der Waals surface area contributed by atoms with Crippen LogP contribution in [0.4, 0.5) is 0 Å². The second-order valence-electron chi connectivity index (χ2n) is 6.10. The van der Waals surface area contributed by atoms with Crippen molar-refractivity contribution < 1.29 is 9.84 Å². The molecule has 6 nitrogen and oxygen atoms in total. The average Bonchev–Trinajstić information content (AvgIpc) is 3.17. The van der Waals surface area contributed by atoms with E-state index in [0.717, 1.165) is 27.6 Å². The number of fused-ring (bicyclic) bond motifs is 1. The average molecular weight is 344 g/mol. The third kappa shape index (κ3) is 3.14. The van der Waals surface area contributed by atoms with Crippen molar-refractivity contribution in [3.05, 3.63) is 36.3 Å². The molecule has 0 radical (unpaired) electrons. The molecule has 126 valence electrons. The highest BCUT2D eigenvalue weighted by atomic mass is 32.2. The first-order chi connectivity index (χ1) is 11.7. The Morgan fingerprint density at radius 3 is 3.08 bits per heavy atom. The first kappa shape index (κ1) is 15.5. The molecule has 3 aromatic rings. The van der Waals surface area contributed by atoms with Crippen molar-refractivity contribution in [2.24, 2.45) is 0 Å². The van der Waals surface area contributed by atoms with Crippen LogP contribution < -0.4 is 4.74 Å². The van der Waals surface area contributed by atoms with Crippen LogP contribution in [-0.4, -0.2) is 43.3 Å². The zero-order chi connectivity index (χ0) is 16.5. The number of aliphatic hydroxyl groups excluding tert-OH is 1. The van der Waals surface area contributed by atoms with Crippen LogP contribution in [0.1, 0.15) is 24.7 Å². The van der Waals surface area contributed by atoms with E-state index in [9.17, 15) is 5.11 Å². The van der Waals surface area contributed by atoms with Crippen LogP contribution in [-0.2, 0) is 0 Å². The summed E-state index contributed by atoms with van der Waals surface area (Å²) in [6.07, 6.45) is 3.71. The standard InChI is InChI=1S/C17H20N4O2S/c1-11-19-20-17(21(11)12-5-6-12)24-10-13(22)9-23-16-4-2-3-15-14(16)7-8-18-15/h2-4,7-8,12-13,18,22H,5-6,9-10H2,1H3. The highest BCUT2D eigenvalue weighted by Crippen LogP contribution is 2.38. The Hall–Kier alpha value is -1.99. The van der Waals surface area contributed by atoms with Crippen LogP contribution in [0.2, 0.25) is 0 Å². The first-order valence-corrected chi connectivity index (χ1v) is 9.12. The Balaban J connectivity index is 1.34. The molecule has 0 saturated heterocycles. The number of aliphatic hydroxyl groups is 1. The molecular formula is C17H20N4O2S. The first-order valence-electron chi connectivity index (χ1n) is 8.13. The van der Waals surface area contributed by atoms with E-state index in [1.165, 1.54) is 24.6 Å². The highest BCUT2D eigenvalue weighted by Gasteiger charge is 2.28. The number of hydrogen-bond donors (Lipinski definition) is 2. The van der Waals surface area contributed by atoms with Gasteiger partial charge in [-0.15, -0.1) is 10.2 Å². The van der Waals surface area contributed by atoms with Crippen molar-refractivity contribution in [3.8, 4) is 5.75 Å². The Morgan fingerprint density at radius 1 is 1.38 bits per heavy atom. The second kappa shape index (κ2) is 6.49. The fraction of sp³-hybridized carbons (Fsp3) is 0.412. The van der Waals surface area contributed by atoms with Crippen LogP contribution in [0.5, 0.6) is 5.75 Å². The van der Waals surface area contributed by atoms with Crippen molar-refractivity contribution in [3.63, 3.8) is 0 Å². The van der Waals surface area contributed by atoms with Gasteiger partial charge in [0.1, 0.15) is 18.2 Å². The fourth-order valence-corrected chi connectivity index (χ4v) is 3.75. The van der Waals surface area contributed by atoms with Crippen molar-refractivity contribution >= 4 is 22.7 Å². The van der Waals surface area contributed by atoms with Crippen LogP contribution in [0.15, 0.2) is 35.6 Å². The number of aryl methyl sites for hydroxylation is 1. The van der Waals surface area contributed by atoms with Crippen molar-refractivity contribution in [2.45, 2.75) is 37.1 Å². The largest absolute Gasteiger partial charge is 0.490 e. The van der Waals surface area contributed by atoms with Gasteiger partial charge in [-0.3, -0.25) is 0 Å². The molecule has 7 heteroatoms. The molecule has 1 atom stereocenters. The van der Waals surface area contributed by atoms with Gasteiger partial charge < -0.3 is 19.4 Å². The number of rotatable bonds is 7. The van der Waals surface area contributed by atoms with Gasteiger partial charge in [-0.2, -0.15) is 0 Å². The molecule has 4 rings (SSSR count). The van der Waals surface area contributed by atoms with Gasteiger partial charge >= 0.3 is 0 Å². The van der Waals surface area contributed by atoms with E-state index in [0.29, 0.717) is 11.8 Å². The van der Waals surface area contributed by atoms with Gasteiger partial charge in [-0.25, -0.2) is 0 Å². The maximum Gasteiger partial charge on any atom is 0.191 e. The predicted octanol–water partition coefficient (Wildman–Crippen LogP) is 2.93. The summed E-state index contributed by atoms with van der Waals surface area (Å²) in [5.41, 5.74) is 1.03. The number of aromatic nitrogens is 4. The number of aromatic amines is 1. The molecule has 1 saturated carbocycles. The molecular weight excluding hydrogens is 324 g/mol. The quantitative estimate of drug-likeness (QED) is 0.645. The minimum absolute atomic E-state index is 0.258. The van der Waals surface area contributed by atoms with Crippen molar-refractivity contribution in [1.82, 2.24) is 19.7 Å². The van der Waals surface area contributed by atoms with Gasteiger partial charge in [0.05, 0.1) is 6.10 Å². The molecule has 1 aliphatic carbocycles. The monoisotopic (exact) mass is 344 g/mol. The number of thioether (sulfide) groups is 1. The normalized spacial score (nSPS) is 15.8. The summed E-state index contributed by atoms with van der Waals surface area (Å²) in [5.74, 6) is 2.27. The van der Waals surface area contributed by atoms with Gasteiger partial charge in [0, 0.05) is 28.9 Å². The number of nitrogens with one attached hydrogen (secondary N) is 1. The molecule has 2 heterocycles. The summed E-state index contributed by atoms with van der Waals surface area (Å²) in [6.45, 7) is 2.24. The molecule has 0 spiro atoms. The van der Waals surface area contributed by atoms with Gasteiger partial charge in [0.15, 0.2) is 5.16 Å². The zero-order valence-electron chi connectivity index (χ0n) is 13.5. The molecule has 0 bridgehead atoms. The minimum atomic E-state index is -0.561. The van der Waals surface area contributed by atoms with E-state index >= 15 is 0 Å². The lowest BCUT2D eigenvalue weighted by Gasteiger charge is -2.13. The molecule has 1 aromatic carbocycles. The van der Waals surface area contributed by atoms with Crippen molar-refractivity contribution in [2.75, 3.05) is 12.4 Å². The van der Waals surface area contributed by atoms with E-state index < -0.39 is 6.10 Å². The molecule has 2 N–H and O–H groups in total. The number of nitrogens with zero attached hydrogens (tertiary/aromatic N) is 3. The molecule has 1 aliphatic rings. The van der Waals surface area contributed by atoms with Crippen LogP contribution in [0, 0.1) is 6.92 Å². The number of hydrogen-bond acceptors (Lipinski definition) is 5. The van der Waals surface area contributed by atoms with Gasteiger partial charge in [0.2, 0.25) is 0 Å². The Bertz CT molecular complexity index is 840. The molecule has 2 aromatic heterocycles. The minimum Gasteiger partial charge on any atom is -0.490 e. The van der Waals surface area contributed by atoms with Gasteiger partial charge in [0.25, 0.3) is 0 Å². The fourth-order valence-electron chi connectivity index (χ4n) is 2.79. The summed E-state index contributed by atoms with van der Waals surface area (Å²) in [4.78, 5) is 3.15. The molecule has 0 aliphatic heterocycles. The van der Waals surface area contributed by atoms with E-state index in [1.807, 2.05) is 37.4 Å². The lowest BCUT2D eigenvalue weighted by Crippen LogP contribution is -2.20. The van der Waals surface area contributed by atoms with Gasteiger partial charge in [-0.05, 0) is 38.0 Å². The smallest absolute Gasteiger partial charge is 0.191 e. The molecule has 24 heavy (non-hydrogen) atoms. The Morgan fingerprint density at radius 2 is 2.25 bits per heavy atom. The lowest BCUT2D eigenvalue weighted by molar-refractivity contribution is 0.127. The summed E-state index contributed by atoms with van der Waals surface area (Å²) >= 11 is 1.54. The highest BCUT2D eigenvalue weighted by molar-refractivity contribution is 7.99. The van der Waals surface area contributed by atoms with E-state index in [4.69, 9.17) is 4.74 Å². The number of H-pyrrole nitrogens is 1. The van der Waals surface area contributed by atoms with Gasteiger partial charge in [-0.1, -0.05) is 17.8 Å². The molecule has 1 fully saturated rings. The number of ether oxygens (including phenoxy) is 1. The van der Waals surface area contributed by atoms with E-state index in [2.05, 4.69) is 19.7 Å². The summed E-state index contributed by atoms with van der Waals surface area (Å²) in [5, 5.41) is 20.5. The summed E-state index contributed by atoms with van der Waals surface area (Å²) < 4.78 is 7.98. The zero-order valence-corrected chi connectivity index (χ0v) is 14.3.